The Bertz CT molecular complexity index is 517. The number of carboxylic acid groups (broad SMARTS) is 1. The van der Waals surface area contributed by atoms with Crippen molar-refractivity contribution in [1.29, 1.82) is 0 Å². The van der Waals surface area contributed by atoms with E-state index in [-0.39, 0.29) is 23.5 Å². The Morgan fingerprint density at radius 2 is 1.90 bits per heavy atom. The maximum Gasteiger partial charge on any atom is 0.305 e. The van der Waals surface area contributed by atoms with E-state index in [9.17, 15) is 14.7 Å². The number of phenolic OH excluding ortho intramolecular Hbond substituents is 1. The molecule has 20 heavy (non-hydrogen) atoms. The highest BCUT2D eigenvalue weighted by atomic mass is 16.4. The van der Waals surface area contributed by atoms with Crippen LogP contribution in [0.4, 0.5) is 0 Å². The second-order valence-corrected chi connectivity index (χ2v) is 5.99. The molecule has 1 aromatic carbocycles. The van der Waals surface area contributed by atoms with Crippen molar-refractivity contribution in [2.45, 2.75) is 40.2 Å². The second kappa shape index (κ2) is 5.94. The van der Waals surface area contributed by atoms with E-state index in [1.807, 2.05) is 20.8 Å². The fourth-order valence-corrected chi connectivity index (χ4v) is 1.89. The molecule has 0 spiro atoms. The van der Waals surface area contributed by atoms with Crippen molar-refractivity contribution < 1.29 is 19.8 Å². The van der Waals surface area contributed by atoms with Crippen molar-refractivity contribution in [3.05, 3.63) is 29.3 Å². The summed E-state index contributed by atoms with van der Waals surface area (Å²) in [6, 6.07) is 3.99. The molecule has 1 unspecified atom stereocenters. The molecule has 1 atom stereocenters. The number of hydrogen-bond acceptors (Lipinski definition) is 3. The van der Waals surface area contributed by atoms with Crippen molar-refractivity contribution in [1.82, 2.24) is 5.32 Å². The van der Waals surface area contributed by atoms with Crippen molar-refractivity contribution in [2.24, 2.45) is 5.41 Å². The van der Waals surface area contributed by atoms with Crippen LogP contribution in [0.5, 0.6) is 5.75 Å². The number of carbonyl (C=O) groups is 2. The number of phenols is 1. The predicted octanol–water partition coefficient (Wildman–Crippen LogP) is 2.32. The van der Waals surface area contributed by atoms with E-state index in [4.69, 9.17) is 5.11 Å². The van der Waals surface area contributed by atoms with Gasteiger partial charge in [0.15, 0.2) is 0 Å². The van der Waals surface area contributed by atoms with Crippen LogP contribution in [0.3, 0.4) is 0 Å². The maximum atomic E-state index is 12.2. The molecule has 0 aromatic heterocycles. The Balaban J connectivity index is 2.93. The third-order valence-corrected chi connectivity index (χ3v) is 3.18. The molecule has 1 rings (SSSR count). The Morgan fingerprint density at radius 1 is 1.30 bits per heavy atom. The lowest BCUT2D eigenvalue weighted by molar-refractivity contribution is -0.138. The molecule has 0 fully saturated rings. The number of carbonyl (C=O) groups excluding carboxylic acids is 1. The van der Waals surface area contributed by atoms with E-state index < -0.39 is 12.0 Å². The lowest BCUT2D eigenvalue weighted by Crippen LogP contribution is -2.45. The van der Waals surface area contributed by atoms with Crippen LogP contribution in [0.15, 0.2) is 18.2 Å². The van der Waals surface area contributed by atoms with E-state index in [1.165, 1.54) is 18.2 Å². The number of aryl methyl sites for hydroxylation is 1. The zero-order chi connectivity index (χ0) is 15.5. The highest BCUT2D eigenvalue weighted by molar-refractivity contribution is 5.96. The minimum Gasteiger partial charge on any atom is -0.508 e. The van der Waals surface area contributed by atoms with Crippen LogP contribution >= 0.6 is 0 Å². The Morgan fingerprint density at radius 3 is 2.35 bits per heavy atom. The molecule has 1 aromatic rings. The van der Waals surface area contributed by atoms with Gasteiger partial charge in [-0.2, -0.15) is 0 Å². The van der Waals surface area contributed by atoms with Gasteiger partial charge in [-0.15, -0.1) is 0 Å². The zero-order valence-electron chi connectivity index (χ0n) is 12.2. The fraction of sp³-hybridized carbons (Fsp3) is 0.467. The number of aromatic hydroxyl groups is 1. The molecule has 0 saturated heterocycles. The largest absolute Gasteiger partial charge is 0.508 e. The van der Waals surface area contributed by atoms with Crippen LogP contribution in [-0.4, -0.2) is 28.1 Å². The van der Waals surface area contributed by atoms with E-state index >= 15 is 0 Å². The van der Waals surface area contributed by atoms with E-state index in [0.29, 0.717) is 11.1 Å². The van der Waals surface area contributed by atoms with Crippen molar-refractivity contribution in [3.63, 3.8) is 0 Å². The summed E-state index contributed by atoms with van der Waals surface area (Å²) in [4.78, 5) is 23.1. The summed E-state index contributed by atoms with van der Waals surface area (Å²) in [6.07, 6.45) is -0.133. The quantitative estimate of drug-likeness (QED) is 0.789. The zero-order valence-corrected chi connectivity index (χ0v) is 12.2. The first-order chi connectivity index (χ1) is 9.11. The lowest BCUT2D eigenvalue weighted by atomic mass is 9.84. The van der Waals surface area contributed by atoms with Gasteiger partial charge in [-0.3, -0.25) is 9.59 Å². The average molecular weight is 279 g/mol. The summed E-state index contributed by atoms with van der Waals surface area (Å²) in [5.41, 5.74) is 0.715. The first kappa shape index (κ1) is 16.0. The summed E-state index contributed by atoms with van der Waals surface area (Å²) >= 11 is 0. The van der Waals surface area contributed by atoms with Crippen LogP contribution in [0, 0.1) is 12.3 Å². The minimum atomic E-state index is -0.951. The van der Waals surface area contributed by atoms with Gasteiger partial charge in [0.2, 0.25) is 0 Å². The van der Waals surface area contributed by atoms with Crippen molar-refractivity contribution in [2.75, 3.05) is 0 Å². The number of nitrogens with one attached hydrogen (secondary N) is 1. The average Bonchev–Trinajstić information content (AvgIpc) is 2.25. The monoisotopic (exact) mass is 279 g/mol. The Kier molecular flexibility index (Phi) is 4.76. The standard InChI is InChI=1S/C15H21NO4/c1-9-7-10(17)5-6-11(9)14(20)16-12(8-13(18)19)15(2,3)4/h5-7,12,17H,8H2,1-4H3,(H,16,20)(H,18,19). The number of amides is 1. The van der Waals surface area contributed by atoms with Gasteiger partial charge in [-0.1, -0.05) is 20.8 Å². The first-order valence-electron chi connectivity index (χ1n) is 6.43. The molecular weight excluding hydrogens is 258 g/mol. The molecule has 5 nitrogen and oxygen atoms in total. The van der Waals surface area contributed by atoms with Crippen LogP contribution in [-0.2, 0) is 4.79 Å². The van der Waals surface area contributed by atoms with Crippen molar-refractivity contribution in [3.8, 4) is 5.75 Å². The molecule has 5 heteroatoms. The van der Waals surface area contributed by atoms with Crippen LogP contribution in [0.25, 0.3) is 0 Å². The first-order valence-corrected chi connectivity index (χ1v) is 6.43. The molecule has 0 aliphatic carbocycles. The van der Waals surface area contributed by atoms with Crippen molar-refractivity contribution >= 4 is 11.9 Å². The molecule has 0 saturated carbocycles. The summed E-state index contributed by atoms with van der Waals surface area (Å²) in [6.45, 7) is 7.36. The fourth-order valence-electron chi connectivity index (χ4n) is 1.89. The minimum absolute atomic E-state index is 0.0944. The SMILES string of the molecule is Cc1cc(O)ccc1C(=O)NC(CC(=O)O)C(C)(C)C. The van der Waals surface area contributed by atoms with Crippen LogP contribution in [0.1, 0.15) is 43.1 Å². The smallest absolute Gasteiger partial charge is 0.305 e. The van der Waals surface area contributed by atoms with Gasteiger partial charge < -0.3 is 15.5 Å². The number of rotatable bonds is 4. The van der Waals surface area contributed by atoms with Crippen LogP contribution in [0.2, 0.25) is 0 Å². The van der Waals surface area contributed by atoms with Gasteiger partial charge in [0.1, 0.15) is 5.75 Å². The molecule has 0 bridgehead atoms. The van der Waals surface area contributed by atoms with E-state index in [0.717, 1.165) is 0 Å². The normalized spacial score (nSPS) is 12.8. The molecule has 1 amide bonds. The lowest BCUT2D eigenvalue weighted by Gasteiger charge is -2.30. The van der Waals surface area contributed by atoms with Gasteiger partial charge in [0.05, 0.1) is 6.42 Å². The highest BCUT2D eigenvalue weighted by Gasteiger charge is 2.29. The van der Waals surface area contributed by atoms with E-state index in [2.05, 4.69) is 5.32 Å². The molecule has 110 valence electrons. The number of hydrogen-bond donors (Lipinski definition) is 3. The predicted molar refractivity (Wildman–Crippen MR) is 75.8 cm³/mol. The molecule has 0 heterocycles. The second-order valence-electron chi connectivity index (χ2n) is 5.99. The highest BCUT2D eigenvalue weighted by Crippen LogP contribution is 2.23. The van der Waals surface area contributed by atoms with E-state index in [1.54, 1.807) is 6.92 Å². The summed E-state index contributed by atoms with van der Waals surface area (Å²) in [5.74, 6) is -1.19. The molecular formula is C15H21NO4. The topological polar surface area (TPSA) is 86.6 Å². The maximum absolute atomic E-state index is 12.2. The van der Waals surface area contributed by atoms with Gasteiger partial charge in [-0.25, -0.2) is 0 Å². The van der Waals surface area contributed by atoms with Gasteiger partial charge >= 0.3 is 5.97 Å². The van der Waals surface area contributed by atoms with Gasteiger partial charge in [0, 0.05) is 11.6 Å². The Hall–Kier alpha value is -2.04. The molecule has 0 radical (unpaired) electrons. The number of benzene rings is 1. The number of carboxylic acids is 1. The summed E-state index contributed by atoms with van der Waals surface area (Å²) in [5, 5.41) is 21.0. The number of aliphatic carboxylic acids is 1. The third kappa shape index (κ3) is 4.26. The molecule has 0 aliphatic rings. The van der Waals surface area contributed by atoms with Gasteiger partial charge in [-0.05, 0) is 36.1 Å². The third-order valence-electron chi connectivity index (χ3n) is 3.18. The summed E-state index contributed by atoms with van der Waals surface area (Å²) < 4.78 is 0. The molecule has 3 N–H and O–H groups in total. The Labute approximate surface area is 118 Å². The van der Waals surface area contributed by atoms with Crippen LogP contribution < -0.4 is 5.32 Å². The van der Waals surface area contributed by atoms with Gasteiger partial charge in [0.25, 0.3) is 5.91 Å². The molecule has 0 aliphatic heterocycles. The summed E-state index contributed by atoms with van der Waals surface area (Å²) in [7, 11) is 0.